The van der Waals surface area contributed by atoms with E-state index in [0.29, 0.717) is 12.5 Å². The van der Waals surface area contributed by atoms with Crippen LogP contribution in [0.5, 0.6) is 5.75 Å². The van der Waals surface area contributed by atoms with Crippen LogP contribution in [0, 0.1) is 5.92 Å². The van der Waals surface area contributed by atoms with Gasteiger partial charge in [-0.15, -0.1) is 0 Å². The molecular weight excluding hydrogens is 302 g/mol. The van der Waals surface area contributed by atoms with E-state index in [2.05, 4.69) is 37.2 Å². The minimum atomic E-state index is 0.0635. The molecule has 1 fully saturated rings. The Morgan fingerprint density at radius 1 is 1.46 bits per heavy atom. The van der Waals surface area contributed by atoms with Crippen LogP contribution in [0.25, 0.3) is 0 Å². The molecule has 2 aliphatic heterocycles. The van der Waals surface area contributed by atoms with Crippen LogP contribution in [0.3, 0.4) is 0 Å². The minimum absolute atomic E-state index is 0.0635. The van der Waals surface area contributed by atoms with Crippen LogP contribution in [0.1, 0.15) is 31.7 Å². The Balaban J connectivity index is 1.52. The summed E-state index contributed by atoms with van der Waals surface area (Å²) in [5.41, 5.74) is 1.20. The lowest BCUT2D eigenvalue weighted by atomic mass is 9.94. The van der Waals surface area contributed by atoms with Crippen molar-refractivity contribution in [2.45, 2.75) is 32.2 Å². The Labute approximate surface area is 145 Å². The molecule has 5 nitrogen and oxygen atoms in total. The highest BCUT2D eigenvalue weighted by Gasteiger charge is 2.32. The zero-order chi connectivity index (χ0) is 17.1. The molecule has 0 bridgehead atoms. The molecule has 0 aromatic heterocycles. The van der Waals surface area contributed by atoms with Crippen molar-refractivity contribution in [2.75, 3.05) is 39.8 Å². The number of hydrogen-bond acceptors (Lipinski definition) is 3. The molecule has 3 rings (SSSR count). The quantitative estimate of drug-likeness (QED) is 0.902. The largest absolute Gasteiger partial charge is 0.493 e. The van der Waals surface area contributed by atoms with E-state index in [1.165, 1.54) is 5.56 Å². The smallest absolute Gasteiger partial charge is 0.317 e. The third-order valence-corrected chi connectivity index (χ3v) is 5.37. The highest BCUT2D eigenvalue weighted by atomic mass is 16.5. The van der Waals surface area contributed by atoms with Gasteiger partial charge in [0.15, 0.2) is 0 Å². The summed E-state index contributed by atoms with van der Waals surface area (Å²) in [6, 6.07) is 8.25. The van der Waals surface area contributed by atoms with Crippen LogP contribution >= 0.6 is 0 Å². The van der Waals surface area contributed by atoms with Gasteiger partial charge in [-0.05, 0) is 38.9 Å². The number of amides is 2. The summed E-state index contributed by atoms with van der Waals surface area (Å²) >= 11 is 0. The number of nitrogens with zero attached hydrogens (tertiary/aromatic N) is 2. The normalized spacial score (nSPS) is 23.9. The fourth-order valence-corrected chi connectivity index (χ4v) is 3.72. The number of benzene rings is 1. The first-order valence-electron chi connectivity index (χ1n) is 9.04. The van der Waals surface area contributed by atoms with Crippen LogP contribution < -0.4 is 10.1 Å². The topological polar surface area (TPSA) is 44.8 Å². The molecule has 0 saturated carbocycles. The molecule has 2 heterocycles. The fraction of sp³-hybridized carbons (Fsp3) is 0.632. The van der Waals surface area contributed by atoms with Crippen LogP contribution in [0.4, 0.5) is 4.79 Å². The number of carbonyl (C=O) groups is 1. The number of fused-ring (bicyclic) bond motifs is 1. The van der Waals surface area contributed by atoms with Gasteiger partial charge in [0.1, 0.15) is 5.75 Å². The Bertz CT molecular complexity index is 577. The van der Waals surface area contributed by atoms with E-state index >= 15 is 0 Å². The lowest BCUT2D eigenvalue weighted by molar-refractivity contribution is 0.197. The number of ether oxygens (including phenoxy) is 1. The van der Waals surface area contributed by atoms with Crippen molar-refractivity contribution in [3.63, 3.8) is 0 Å². The molecule has 2 aliphatic rings. The van der Waals surface area contributed by atoms with Gasteiger partial charge in [-0.3, -0.25) is 0 Å². The molecule has 1 aromatic carbocycles. The molecule has 0 unspecified atom stereocenters. The van der Waals surface area contributed by atoms with Crippen molar-refractivity contribution in [2.24, 2.45) is 5.92 Å². The summed E-state index contributed by atoms with van der Waals surface area (Å²) in [6.45, 7) is 8.74. The molecule has 0 aliphatic carbocycles. The van der Waals surface area contributed by atoms with Gasteiger partial charge in [0.05, 0.1) is 6.61 Å². The SMILES string of the molecule is CCN(C)C[C@@H]1CCN(C(=O)N[C@@H](C)[C@@H]2COc3ccccc32)C1. The monoisotopic (exact) mass is 331 g/mol. The molecule has 1 aromatic rings. The van der Waals surface area contributed by atoms with E-state index < -0.39 is 0 Å². The van der Waals surface area contributed by atoms with Crippen molar-refractivity contribution in [1.82, 2.24) is 15.1 Å². The molecule has 24 heavy (non-hydrogen) atoms. The summed E-state index contributed by atoms with van der Waals surface area (Å²) in [6.07, 6.45) is 1.10. The molecule has 2 amide bonds. The molecule has 0 spiro atoms. The first-order valence-corrected chi connectivity index (χ1v) is 9.04. The van der Waals surface area contributed by atoms with Gasteiger partial charge < -0.3 is 19.9 Å². The second kappa shape index (κ2) is 7.43. The first kappa shape index (κ1) is 17.1. The van der Waals surface area contributed by atoms with Crippen molar-refractivity contribution in [3.8, 4) is 5.75 Å². The Morgan fingerprint density at radius 2 is 2.25 bits per heavy atom. The van der Waals surface area contributed by atoms with Gasteiger partial charge in [0.2, 0.25) is 0 Å². The van der Waals surface area contributed by atoms with E-state index in [4.69, 9.17) is 4.74 Å². The molecule has 1 saturated heterocycles. The summed E-state index contributed by atoms with van der Waals surface area (Å²) in [5, 5.41) is 3.19. The van der Waals surface area contributed by atoms with Crippen LogP contribution in [0.2, 0.25) is 0 Å². The standard InChI is InChI=1S/C19H29N3O2/c1-4-21(3)11-15-9-10-22(12-15)19(23)20-14(2)17-13-24-18-8-6-5-7-16(17)18/h5-8,14-15,17H,4,9-13H2,1-3H3,(H,20,23)/t14-,15-,17-/m0/s1. The van der Waals surface area contributed by atoms with E-state index in [-0.39, 0.29) is 18.0 Å². The highest BCUT2D eigenvalue weighted by Crippen LogP contribution is 2.35. The van der Waals surface area contributed by atoms with Gasteiger partial charge in [0.25, 0.3) is 0 Å². The van der Waals surface area contributed by atoms with Crippen molar-refractivity contribution < 1.29 is 9.53 Å². The molecule has 0 radical (unpaired) electrons. The molecular formula is C19H29N3O2. The predicted octanol–water partition coefficient (Wildman–Crippen LogP) is 2.53. The van der Waals surface area contributed by atoms with Crippen molar-refractivity contribution in [1.29, 1.82) is 0 Å². The number of nitrogens with one attached hydrogen (secondary N) is 1. The van der Waals surface area contributed by atoms with Gasteiger partial charge in [-0.2, -0.15) is 0 Å². The average molecular weight is 331 g/mol. The summed E-state index contributed by atoms with van der Waals surface area (Å²) in [4.78, 5) is 16.9. The Hall–Kier alpha value is -1.75. The number of rotatable bonds is 5. The first-order chi connectivity index (χ1) is 11.6. The van der Waals surface area contributed by atoms with Crippen LogP contribution in [0.15, 0.2) is 24.3 Å². The fourth-order valence-electron chi connectivity index (χ4n) is 3.72. The molecule has 3 atom stereocenters. The summed E-state index contributed by atoms with van der Waals surface area (Å²) < 4.78 is 5.74. The van der Waals surface area contributed by atoms with E-state index in [9.17, 15) is 4.79 Å². The van der Waals surface area contributed by atoms with Crippen molar-refractivity contribution in [3.05, 3.63) is 29.8 Å². The number of para-hydroxylation sites is 1. The van der Waals surface area contributed by atoms with Crippen LogP contribution in [-0.4, -0.2) is 61.7 Å². The van der Waals surface area contributed by atoms with Gasteiger partial charge in [-0.25, -0.2) is 4.79 Å². The average Bonchev–Trinajstić information content (AvgIpc) is 3.21. The van der Waals surface area contributed by atoms with Gasteiger partial charge in [0, 0.05) is 37.2 Å². The van der Waals surface area contributed by atoms with Crippen LogP contribution in [-0.2, 0) is 0 Å². The van der Waals surface area contributed by atoms with E-state index in [1.807, 2.05) is 23.1 Å². The molecule has 1 N–H and O–H groups in total. The third kappa shape index (κ3) is 3.66. The predicted molar refractivity (Wildman–Crippen MR) is 95.5 cm³/mol. The Kier molecular flexibility index (Phi) is 5.29. The second-order valence-corrected chi connectivity index (χ2v) is 7.15. The van der Waals surface area contributed by atoms with Gasteiger partial charge >= 0.3 is 6.03 Å². The lowest BCUT2D eigenvalue weighted by Gasteiger charge is -2.25. The Morgan fingerprint density at radius 3 is 3.04 bits per heavy atom. The highest BCUT2D eigenvalue weighted by molar-refractivity contribution is 5.75. The van der Waals surface area contributed by atoms with E-state index in [1.54, 1.807) is 0 Å². The number of urea groups is 1. The maximum atomic E-state index is 12.6. The zero-order valence-electron chi connectivity index (χ0n) is 15.0. The summed E-state index contributed by atoms with van der Waals surface area (Å²) in [7, 11) is 2.14. The van der Waals surface area contributed by atoms with Gasteiger partial charge in [-0.1, -0.05) is 25.1 Å². The summed E-state index contributed by atoms with van der Waals surface area (Å²) in [5.74, 6) is 1.77. The second-order valence-electron chi connectivity index (χ2n) is 7.15. The van der Waals surface area contributed by atoms with E-state index in [0.717, 1.165) is 38.3 Å². The third-order valence-electron chi connectivity index (χ3n) is 5.37. The maximum Gasteiger partial charge on any atom is 0.317 e. The van der Waals surface area contributed by atoms with Crippen molar-refractivity contribution >= 4 is 6.03 Å². The molecule has 132 valence electrons. The zero-order valence-corrected chi connectivity index (χ0v) is 15.0. The lowest BCUT2D eigenvalue weighted by Crippen LogP contribution is -2.45. The maximum absolute atomic E-state index is 12.6. The number of hydrogen-bond donors (Lipinski definition) is 1. The molecule has 5 heteroatoms. The number of likely N-dealkylation sites (tertiary alicyclic amines) is 1. The number of carbonyl (C=O) groups excluding carboxylic acids is 1. The minimum Gasteiger partial charge on any atom is -0.493 e.